The predicted molar refractivity (Wildman–Crippen MR) is 103 cm³/mol. The number of benzene rings is 1. The van der Waals surface area contributed by atoms with Gasteiger partial charge in [0.2, 0.25) is 12.7 Å². The van der Waals surface area contributed by atoms with Crippen molar-refractivity contribution in [3.63, 3.8) is 0 Å². The largest absolute Gasteiger partial charge is 0.454 e. The smallest absolute Gasteiger partial charge is 0.231 e. The van der Waals surface area contributed by atoms with Crippen molar-refractivity contribution in [2.45, 2.75) is 45.8 Å². The van der Waals surface area contributed by atoms with Crippen LogP contribution >= 0.6 is 11.8 Å². The Morgan fingerprint density at radius 2 is 2.08 bits per heavy atom. The number of carbonyl (C=O) groups excluding carboxylic acids is 1. The minimum absolute atomic E-state index is 0.0215. The zero-order valence-electron chi connectivity index (χ0n) is 15.7. The maximum atomic E-state index is 12.2. The minimum Gasteiger partial charge on any atom is -0.454 e. The maximum absolute atomic E-state index is 12.2. The average molecular weight is 375 g/mol. The number of amides is 1. The highest BCUT2D eigenvalue weighted by Crippen LogP contribution is 2.34. The maximum Gasteiger partial charge on any atom is 0.231 e. The van der Waals surface area contributed by atoms with Crippen molar-refractivity contribution in [2.75, 3.05) is 17.9 Å². The van der Waals surface area contributed by atoms with E-state index in [1.54, 1.807) is 23.9 Å². The molecule has 1 aliphatic rings. The summed E-state index contributed by atoms with van der Waals surface area (Å²) in [6.45, 7) is 9.69. The van der Waals surface area contributed by atoms with E-state index in [2.05, 4.69) is 35.6 Å². The molecule has 6 nitrogen and oxygen atoms in total. The van der Waals surface area contributed by atoms with Gasteiger partial charge in [-0.3, -0.25) is 4.79 Å². The molecule has 0 atom stereocenters. The van der Waals surface area contributed by atoms with E-state index in [-0.39, 0.29) is 12.7 Å². The Labute approximate surface area is 158 Å². The lowest BCUT2D eigenvalue weighted by molar-refractivity contribution is -0.115. The number of carbonyl (C=O) groups is 1. The molecule has 26 heavy (non-hydrogen) atoms. The Kier molecular flexibility index (Phi) is 5.76. The van der Waals surface area contributed by atoms with Crippen LogP contribution in [0.4, 0.5) is 5.69 Å². The molecule has 140 valence electrons. The van der Waals surface area contributed by atoms with E-state index in [1.165, 1.54) is 5.69 Å². The average Bonchev–Trinajstić information content (AvgIpc) is 3.14. The van der Waals surface area contributed by atoms with Gasteiger partial charge in [0, 0.05) is 36.2 Å². The molecule has 2 heterocycles. The number of anilines is 1. The van der Waals surface area contributed by atoms with Crippen molar-refractivity contribution >= 4 is 23.4 Å². The number of thioether (sulfide) groups is 1. The van der Waals surface area contributed by atoms with E-state index in [9.17, 15) is 4.79 Å². The van der Waals surface area contributed by atoms with Crippen LogP contribution in [-0.4, -0.2) is 28.0 Å². The molecular formula is C19H25N3O3S. The Hall–Kier alpha value is -2.15. The van der Waals surface area contributed by atoms with Crippen LogP contribution in [0.15, 0.2) is 23.4 Å². The number of hydrogen-bond donors (Lipinski definition) is 1. The van der Waals surface area contributed by atoms with Crippen LogP contribution in [0.25, 0.3) is 0 Å². The number of nitrogens with zero attached hydrogens (tertiary/aromatic N) is 2. The lowest BCUT2D eigenvalue weighted by atomic mass is 10.2. The van der Waals surface area contributed by atoms with Gasteiger partial charge in [-0.1, -0.05) is 25.6 Å². The molecular weight excluding hydrogens is 350 g/mol. The first-order valence-electron chi connectivity index (χ1n) is 8.80. The Balaban J connectivity index is 1.53. The molecule has 3 rings (SSSR count). The molecule has 1 aliphatic heterocycles. The van der Waals surface area contributed by atoms with E-state index in [4.69, 9.17) is 9.47 Å². The zero-order chi connectivity index (χ0) is 18.7. The number of ether oxygens (including phenoxy) is 2. The zero-order valence-corrected chi connectivity index (χ0v) is 16.5. The molecule has 7 heteroatoms. The Bertz CT molecular complexity index is 802. The van der Waals surface area contributed by atoms with E-state index >= 15 is 0 Å². The van der Waals surface area contributed by atoms with Crippen LogP contribution in [0.5, 0.6) is 11.5 Å². The van der Waals surface area contributed by atoms with Gasteiger partial charge in [0.15, 0.2) is 16.7 Å². The number of imidazole rings is 1. The summed E-state index contributed by atoms with van der Waals surface area (Å²) < 4.78 is 12.9. The third kappa shape index (κ3) is 4.33. The fourth-order valence-corrected chi connectivity index (χ4v) is 3.79. The fourth-order valence-electron chi connectivity index (χ4n) is 2.75. The van der Waals surface area contributed by atoms with Crippen molar-refractivity contribution in [3.8, 4) is 11.5 Å². The molecule has 1 amide bonds. The van der Waals surface area contributed by atoms with Crippen LogP contribution in [0.3, 0.4) is 0 Å². The molecule has 0 aliphatic carbocycles. The second-order valence-electron chi connectivity index (χ2n) is 6.78. The van der Waals surface area contributed by atoms with Crippen LogP contribution in [-0.2, 0) is 11.3 Å². The highest BCUT2D eigenvalue weighted by Gasteiger charge is 2.15. The van der Waals surface area contributed by atoms with Gasteiger partial charge in [0.1, 0.15) is 0 Å². The van der Waals surface area contributed by atoms with Crippen molar-refractivity contribution in [1.29, 1.82) is 0 Å². The molecule has 0 spiro atoms. The number of rotatable bonds is 7. The predicted octanol–water partition coefficient (Wildman–Crippen LogP) is 4.01. The summed E-state index contributed by atoms with van der Waals surface area (Å²) in [7, 11) is 0. The van der Waals surface area contributed by atoms with Crippen LogP contribution < -0.4 is 14.8 Å². The van der Waals surface area contributed by atoms with E-state index in [1.807, 2.05) is 13.0 Å². The molecule has 2 aromatic rings. The number of hydrogen-bond acceptors (Lipinski definition) is 5. The van der Waals surface area contributed by atoms with Crippen molar-refractivity contribution < 1.29 is 14.3 Å². The molecule has 0 unspecified atom stereocenters. The highest BCUT2D eigenvalue weighted by molar-refractivity contribution is 7.99. The second kappa shape index (κ2) is 8.03. The summed E-state index contributed by atoms with van der Waals surface area (Å²) >= 11 is 1.63. The normalized spacial score (nSPS) is 12.7. The number of fused-ring (bicyclic) bond motifs is 1. The quantitative estimate of drug-likeness (QED) is 0.741. The van der Waals surface area contributed by atoms with E-state index < -0.39 is 0 Å². The van der Waals surface area contributed by atoms with Gasteiger partial charge >= 0.3 is 0 Å². The summed E-state index contributed by atoms with van der Waals surface area (Å²) in [4.78, 5) is 16.9. The number of aromatic nitrogens is 2. The molecule has 0 saturated carbocycles. The van der Waals surface area contributed by atoms with E-state index in [0.29, 0.717) is 29.6 Å². The second-order valence-corrected chi connectivity index (χ2v) is 7.85. The number of nitrogens with one attached hydrogen (secondary N) is 1. The summed E-state index contributed by atoms with van der Waals surface area (Å²) in [6, 6.07) is 5.41. The first-order chi connectivity index (χ1) is 12.4. The van der Waals surface area contributed by atoms with Crippen molar-refractivity contribution in [3.05, 3.63) is 29.6 Å². The van der Waals surface area contributed by atoms with Crippen LogP contribution in [0.2, 0.25) is 0 Å². The van der Waals surface area contributed by atoms with Gasteiger partial charge < -0.3 is 19.4 Å². The third-order valence-corrected chi connectivity index (χ3v) is 5.17. The standard InChI is InChI=1S/C19H25N3O3S/c1-12(2)10-22-14(4)13(3)20-19(22)26-8-7-18(23)21-15-5-6-16-17(9-15)25-11-24-16/h5-6,9,12H,7-8,10-11H2,1-4H3,(H,21,23). The topological polar surface area (TPSA) is 65.4 Å². The third-order valence-electron chi connectivity index (χ3n) is 4.19. The summed E-state index contributed by atoms with van der Waals surface area (Å²) in [5.74, 6) is 2.59. The molecule has 0 radical (unpaired) electrons. The molecule has 1 aromatic carbocycles. The van der Waals surface area contributed by atoms with Gasteiger partial charge in [-0.05, 0) is 31.9 Å². The number of aryl methyl sites for hydroxylation is 1. The molecule has 0 saturated heterocycles. The SMILES string of the molecule is Cc1nc(SCCC(=O)Nc2ccc3c(c2)OCO3)n(CC(C)C)c1C. The van der Waals surface area contributed by atoms with Crippen molar-refractivity contribution in [2.24, 2.45) is 5.92 Å². The lowest BCUT2D eigenvalue weighted by Crippen LogP contribution is -2.12. The first-order valence-corrected chi connectivity index (χ1v) is 9.78. The minimum atomic E-state index is -0.0215. The summed E-state index contributed by atoms with van der Waals surface area (Å²) in [5, 5.41) is 3.90. The van der Waals surface area contributed by atoms with Gasteiger partial charge in [-0.15, -0.1) is 0 Å². The first kappa shape index (κ1) is 18.6. The van der Waals surface area contributed by atoms with Gasteiger partial charge in [0.25, 0.3) is 0 Å². The Morgan fingerprint density at radius 3 is 2.85 bits per heavy atom. The summed E-state index contributed by atoms with van der Waals surface area (Å²) in [6.07, 6.45) is 0.422. The van der Waals surface area contributed by atoms with Gasteiger partial charge in [0.05, 0.1) is 5.69 Å². The molecule has 1 N–H and O–H groups in total. The summed E-state index contributed by atoms with van der Waals surface area (Å²) in [5.41, 5.74) is 2.97. The van der Waals surface area contributed by atoms with Crippen LogP contribution in [0.1, 0.15) is 31.7 Å². The molecule has 0 fully saturated rings. The lowest BCUT2D eigenvalue weighted by Gasteiger charge is -2.12. The molecule has 1 aromatic heterocycles. The highest BCUT2D eigenvalue weighted by atomic mass is 32.2. The monoisotopic (exact) mass is 375 g/mol. The van der Waals surface area contributed by atoms with Crippen LogP contribution in [0, 0.1) is 19.8 Å². The van der Waals surface area contributed by atoms with Crippen molar-refractivity contribution in [1.82, 2.24) is 9.55 Å². The molecule has 0 bridgehead atoms. The fraction of sp³-hybridized carbons (Fsp3) is 0.474. The Morgan fingerprint density at radius 1 is 1.31 bits per heavy atom. The van der Waals surface area contributed by atoms with Gasteiger partial charge in [-0.25, -0.2) is 4.98 Å². The van der Waals surface area contributed by atoms with Gasteiger partial charge in [-0.2, -0.15) is 0 Å². The van der Waals surface area contributed by atoms with E-state index in [0.717, 1.165) is 23.1 Å².